The molecule has 3 aliphatic rings. The van der Waals surface area contributed by atoms with Gasteiger partial charge in [-0.05, 0) is 12.8 Å². The van der Waals surface area contributed by atoms with Crippen molar-refractivity contribution in [2.45, 2.75) is 343 Å². The van der Waals surface area contributed by atoms with E-state index in [0.29, 0.717) is 12.8 Å². The molecule has 17 atom stereocenters. The Morgan fingerprint density at radius 1 is 0.410 bits per heavy atom. The number of aliphatic hydroxyl groups is 11. The van der Waals surface area contributed by atoms with Crippen molar-refractivity contribution in [2.75, 3.05) is 26.4 Å². The topological polar surface area (TPSA) is 307 Å². The summed E-state index contributed by atoms with van der Waals surface area (Å²) in [4.78, 5) is 13.1. The molecule has 0 aromatic rings. The highest BCUT2D eigenvalue weighted by molar-refractivity contribution is 5.76. The van der Waals surface area contributed by atoms with Crippen molar-refractivity contribution in [3.63, 3.8) is 0 Å². The van der Waals surface area contributed by atoms with E-state index >= 15 is 0 Å². The molecule has 3 rings (SSSR count). The van der Waals surface area contributed by atoms with Crippen LogP contribution in [-0.4, -0.2) is 193 Å². The standard InChI is InChI=1S/C59H113NO18/c1-3-5-7-9-10-11-12-13-14-15-16-17-18-19-20-21-22-23-24-25-26-27-28-29-30-31-33-34-36-43(64)42(60-47(65)37-35-32-8-6-4-2)41-73-57-53(71)50(68)55(45(39-62)75-57)78-59-54(72)51(69)56(46(40-63)76-59)77-58-52(70)49(67)48(66)44(38-61)74-58/h42-46,48-59,61-64,66-72H,3-41H2,1-2H3,(H,60,65). The van der Waals surface area contributed by atoms with E-state index in [1.165, 1.54) is 154 Å². The van der Waals surface area contributed by atoms with E-state index in [9.17, 15) is 61.0 Å². The lowest BCUT2D eigenvalue weighted by molar-refractivity contribution is -0.379. The van der Waals surface area contributed by atoms with Crippen LogP contribution >= 0.6 is 0 Å². The highest BCUT2D eigenvalue weighted by Gasteiger charge is 2.53. The lowest BCUT2D eigenvalue weighted by Crippen LogP contribution is -2.66. The molecule has 0 bridgehead atoms. The van der Waals surface area contributed by atoms with E-state index in [2.05, 4.69) is 19.2 Å². The lowest BCUT2D eigenvalue weighted by Gasteiger charge is -2.48. The van der Waals surface area contributed by atoms with E-state index in [-0.39, 0.29) is 18.9 Å². The SMILES string of the molecule is CCCCCCCCCCCCCCCCCCCCCCCCCCCCCCC(O)C(COC1OC(CO)C(OC2OC(CO)C(OC3OC(CO)C(O)C(O)C3O)C(O)C2O)C(O)C1O)NC(=O)CCCCCCC. The molecule has 3 heterocycles. The fraction of sp³-hybridized carbons (Fsp3) is 0.983. The monoisotopic (exact) mass is 1120 g/mol. The van der Waals surface area contributed by atoms with Crippen molar-refractivity contribution in [3.8, 4) is 0 Å². The largest absolute Gasteiger partial charge is 0.394 e. The minimum absolute atomic E-state index is 0.253. The van der Waals surface area contributed by atoms with Crippen LogP contribution in [0.15, 0.2) is 0 Å². The zero-order chi connectivity index (χ0) is 56.9. The van der Waals surface area contributed by atoms with E-state index in [0.717, 1.165) is 51.4 Å². The van der Waals surface area contributed by atoms with Gasteiger partial charge in [-0.2, -0.15) is 0 Å². The first-order chi connectivity index (χ1) is 37.8. The fourth-order valence-electron chi connectivity index (χ4n) is 11.0. The number of nitrogens with one attached hydrogen (secondary N) is 1. The number of hydrogen-bond acceptors (Lipinski definition) is 18. The molecule has 3 aliphatic heterocycles. The van der Waals surface area contributed by atoms with Gasteiger partial charge in [-0.3, -0.25) is 4.79 Å². The molecule has 462 valence electrons. The average molecular weight is 1120 g/mol. The minimum Gasteiger partial charge on any atom is -0.394 e. The molecule has 17 unspecified atom stereocenters. The maximum atomic E-state index is 13.1. The number of amides is 1. The van der Waals surface area contributed by atoms with Gasteiger partial charge in [0.25, 0.3) is 0 Å². The van der Waals surface area contributed by atoms with E-state index in [1.807, 2.05) is 0 Å². The number of carbonyl (C=O) groups excluding carboxylic acids is 1. The van der Waals surface area contributed by atoms with Gasteiger partial charge in [0.1, 0.15) is 73.2 Å². The smallest absolute Gasteiger partial charge is 0.220 e. The zero-order valence-corrected chi connectivity index (χ0v) is 48.2. The second kappa shape index (κ2) is 43.4. The van der Waals surface area contributed by atoms with Crippen LogP contribution in [0.3, 0.4) is 0 Å². The number of aliphatic hydroxyl groups excluding tert-OH is 11. The van der Waals surface area contributed by atoms with Crippen molar-refractivity contribution in [3.05, 3.63) is 0 Å². The third kappa shape index (κ3) is 27.0. The Balaban J connectivity index is 1.34. The van der Waals surface area contributed by atoms with E-state index in [1.54, 1.807) is 0 Å². The molecule has 3 saturated heterocycles. The number of ether oxygens (including phenoxy) is 6. The number of hydrogen-bond donors (Lipinski definition) is 12. The third-order valence-electron chi connectivity index (χ3n) is 16.2. The number of carbonyl (C=O) groups is 1. The first kappa shape index (κ1) is 71.1. The van der Waals surface area contributed by atoms with Gasteiger partial charge in [0.15, 0.2) is 18.9 Å². The molecule has 0 aromatic carbocycles. The molecule has 0 aromatic heterocycles. The molecule has 3 fully saturated rings. The van der Waals surface area contributed by atoms with Crippen LogP contribution in [-0.2, 0) is 33.2 Å². The molecule has 1 amide bonds. The van der Waals surface area contributed by atoms with Gasteiger partial charge in [0, 0.05) is 6.42 Å². The van der Waals surface area contributed by atoms with Crippen molar-refractivity contribution >= 4 is 5.91 Å². The van der Waals surface area contributed by atoms with E-state index < -0.39 is 124 Å². The molecule has 0 radical (unpaired) electrons. The van der Waals surface area contributed by atoms with Crippen LogP contribution in [0.2, 0.25) is 0 Å². The van der Waals surface area contributed by atoms with Crippen LogP contribution in [0.1, 0.15) is 239 Å². The average Bonchev–Trinajstić information content (AvgIpc) is 3.45. The zero-order valence-electron chi connectivity index (χ0n) is 48.2. The van der Waals surface area contributed by atoms with Crippen molar-refractivity contribution < 1.29 is 89.4 Å². The van der Waals surface area contributed by atoms with Crippen molar-refractivity contribution in [1.29, 1.82) is 0 Å². The maximum Gasteiger partial charge on any atom is 0.220 e. The summed E-state index contributed by atoms with van der Waals surface area (Å²) in [5.41, 5.74) is 0. The summed E-state index contributed by atoms with van der Waals surface area (Å²) in [6.45, 7) is 1.70. The van der Waals surface area contributed by atoms with Crippen LogP contribution in [0, 0.1) is 0 Å². The van der Waals surface area contributed by atoms with Gasteiger partial charge >= 0.3 is 0 Å². The van der Waals surface area contributed by atoms with Crippen LogP contribution in [0.4, 0.5) is 0 Å². The third-order valence-corrected chi connectivity index (χ3v) is 16.2. The first-order valence-corrected chi connectivity index (χ1v) is 31.3. The Morgan fingerprint density at radius 2 is 0.731 bits per heavy atom. The van der Waals surface area contributed by atoms with Gasteiger partial charge in [0.2, 0.25) is 5.91 Å². The number of rotatable bonds is 47. The molecular weight excluding hydrogens is 1010 g/mol. The Hall–Kier alpha value is -1.21. The summed E-state index contributed by atoms with van der Waals surface area (Å²) in [6.07, 6.45) is 15.7. The summed E-state index contributed by atoms with van der Waals surface area (Å²) in [6, 6.07) is -0.877. The van der Waals surface area contributed by atoms with Crippen molar-refractivity contribution in [2.24, 2.45) is 0 Å². The summed E-state index contributed by atoms with van der Waals surface area (Å²) in [7, 11) is 0. The second-order valence-corrected chi connectivity index (χ2v) is 22.9. The summed E-state index contributed by atoms with van der Waals surface area (Å²) in [5.74, 6) is -0.253. The molecule has 19 nitrogen and oxygen atoms in total. The van der Waals surface area contributed by atoms with E-state index in [4.69, 9.17) is 28.4 Å². The van der Waals surface area contributed by atoms with Gasteiger partial charge in [-0.1, -0.05) is 219 Å². The first-order valence-electron chi connectivity index (χ1n) is 31.3. The summed E-state index contributed by atoms with van der Waals surface area (Å²) < 4.78 is 34.2. The summed E-state index contributed by atoms with van der Waals surface area (Å²) in [5, 5.41) is 120. The molecule has 78 heavy (non-hydrogen) atoms. The van der Waals surface area contributed by atoms with Gasteiger partial charge in [-0.25, -0.2) is 0 Å². The van der Waals surface area contributed by atoms with Gasteiger partial charge < -0.3 is 89.9 Å². The minimum atomic E-state index is -1.97. The molecule has 0 spiro atoms. The Morgan fingerprint density at radius 3 is 1.12 bits per heavy atom. The quantitative estimate of drug-likeness (QED) is 0.0312. The van der Waals surface area contributed by atoms with Crippen LogP contribution in [0.25, 0.3) is 0 Å². The van der Waals surface area contributed by atoms with Gasteiger partial charge in [0.05, 0.1) is 38.6 Å². The Kier molecular flexibility index (Phi) is 39.6. The van der Waals surface area contributed by atoms with Crippen molar-refractivity contribution in [1.82, 2.24) is 5.32 Å². The van der Waals surface area contributed by atoms with Crippen LogP contribution < -0.4 is 5.32 Å². The fourth-order valence-corrected chi connectivity index (χ4v) is 11.0. The Labute approximate surface area is 468 Å². The Bertz CT molecular complexity index is 1440. The van der Waals surface area contributed by atoms with Gasteiger partial charge in [-0.15, -0.1) is 0 Å². The predicted octanol–water partition coefficient (Wildman–Crippen LogP) is 5.99. The molecule has 12 N–H and O–H groups in total. The number of unbranched alkanes of at least 4 members (excludes halogenated alkanes) is 31. The molecular formula is C59H113NO18. The van der Waals surface area contributed by atoms with Crippen LogP contribution in [0.5, 0.6) is 0 Å². The molecule has 19 heteroatoms. The predicted molar refractivity (Wildman–Crippen MR) is 296 cm³/mol. The molecule has 0 saturated carbocycles. The molecule has 0 aliphatic carbocycles. The highest BCUT2D eigenvalue weighted by atomic mass is 16.8. The normalized spacial score (nSPS) is 30.4. The maximum absolute atomic E-state index is 13.1. The lowest BCUT2D eigenvalue weighted by atomic mass is 9.96. The second-order valence-electron chi connectivity index (χ2n) is 22.9. The highest BCUT2D eigenvalue weighted by Crippen LogP contribution is 2.33. The summed E-state index contributed by atoms with van der Waals surface area (Å²) >= 11 is 0.